The summed E-state index contributed by atoms with van der Waals surface area (Å²) in [7, 11) is -1.39. The van der Waals surface area contributed by atoms with Crippen molar-refractivity contribution in [2.75, 3.05) is 39.8 Å². The Labute approximate surface area is 126 Å². The molecule has 2 rings (SSSR count). The first-order chi connectivity index (χ1) is 9.90. The van der Waals surface area contributed by atoms with Crippen LogP contribution in [0.5, 0.6) is 0 Å². The molecule has 1 aliphatic heterocycles. The van der Waals surface area contributed by atoms with Crippen molar-refractivity contribution in [3.63, 3.8) is 0 Å². The fourth-order valence-electron chi connectivity index (χ4n) is 2.61. The van der Waals surface area contributed by atoms with Gasteiger partial charge in [0.1, 0.15) is 0 Å². The number of aromatic amines is 1. The van der Waals surface area contributed by atoms with E-state index >= 15 is 0 Å². The summed E-state index contributed by atoms with van der Waals surface area (Å²) in [5.74, 6) is 0.387. The molecule has 1 atom stereocenters. The standard InChI is InChI=1S/C13H25N5O2S/c1-11(2)12(18-8-6-17(3)7-9-18)10-15-21(19,20)13-4-5-14-16-13/h4-5,11-12,15H,6-10H2,1-3H3,(H,14,16). The molecule has 0 saturated carbocycles. The molecule has 2 N–H and O–H groups in total. The van der Waals surface area contributed by atoms with Crippen LogP contribution in [0.1, 0.15) is 13.8 Å². The van der Waals surface area contributed by atoms with Gasteiger partial charge in [-0.25, -0.2) is 13.1 Å². The molecule has 0 spiro atoms. The summed E-state index contributed by atoms with van der Waals surface area (Å²) in [6.45, 7) is 8.69. The minimum absolute atomic E-state index is 0.114. The lowest BCUT2D eigenvalue weighted by Crippen LogP contribution is -2.54. The number of rotatable bonds is 6. The number of hydrogen-bond donors (Lipinski definition) is 2. The lowest BCUT2D eigenvalue weighted by molar-refractivity contribution is 0.0905. The first-order valence-electron chi connectivity index (χ1n) is 7.32. The molecule has 1 fully saturated rings. The summed E-state index contributed by atoms with van der Waals surface area (Å²) in [6, 6.07) is 1.67. The van der Waals surface area contributed by atoms with Crippen LogP contribution in [0.3, 0.4) is 0 Å². The molecule has 0 radical (unpaired) electrons. The lowest BCUT2D eigenvalue weighted by atomic mass is 10.0. The van der Waals surface area contributed by atoms with Crippen LogP contribution in [-0.2, 0) is 10.0 Å². The van der Waals surface area contributed by atoms with Crippen molar-refractivity contribution in [1.29, 1.82) is 0 Å². The van der Waals surface area contributed by atoms with Gasteiger partial charge >= 0.3 is 0 Å². The summed E-state index contributed by atoms with van der Waals surface area (Å²) in [5.41, 5.74) is 0. The van der Waals surface area contributed by atoms with Gasteiger partial charge in [0.25, 0.3) is 10.0 Å². The van der Waals surface area contributed by atoms with Crippen molar-refractivity contribution < 1.29 is 8.42 Å². The Kier molecular flexibility index (Phi) is 5.37. The van der Waals surface area contributed by atoms with E-state index in [1.54, 1.807) is 0 Å². The number of nitrogens with one attached hydrogen (secondary N) is 2. The average molecular weight is 315 g/mol. The minimum atomic E-state index is -3.50. The van der Waals surface area contributed by atoms with E-state index in [0.29, 0.717) is 12.5 Å². The van der Waals surface area contributed by atoms with E-state index in [1.165, 1.54) is 12.3 Å². The van der Waals surface area contributed by atoms with Crippen molar-refractivity contribution in [3.05, 3.63) is 12.3 Å². The van der Waals surface area contributed by atoms with E-state index in [2.05, 4.69) is 45.6 Å². The van der Waals surface area contributed by atoms with Gasteiger partial charge in [-0.05, 0) is 19.0 Å². The molecule has 0 bridgehead atoms. The fourth-order valence-corrected chi connectivity index (χ4v) is 3.56. The zero-order chi connectivity index (χ0) is 15.5. The van der Waals surface area contributed by atoms with Gasteiger partial charge < -0.3 is 4.90 Å². The smallest absolute Gasteiger partial charge is 0.257 e. The third-order valence-electron chi connectivity index (χ3n) is 4.02. The Morgan fingerprint density at radius 3 is 2.52 bits per heavy atom. The predicted molar refractivity (Wildman–Crippen MR) is 81.5 cm³/mol. The number of piperazine rings is 1. The molecule has 7 nitrogen and oxygen atoms in total. The lowest BCUT2D eigenvalue weighted by Gasteiger charge is -2.39. The van der Waals surface area contributed by atoms with E-state index in [1.807, 2.05) is 0 Å². The van der Waals surface area contributed by atoms with Gasteiger partial charge in [-0.15, -0.1) is 0 Å². The van der Waals surface area contributed by atoms with Crippen LogP contribution in [0.4, 0.5) is 0 Å². The fraction of sp³-hybridized carbons (Fsp3) is 0.769. The Morgan fingerprint density at radius 1 is 1.33 bits per heavy atom. The van der Waals surface area contributed by atoms with Crippen molar-refractivity contribution in [3.8, 4) is 0 Å². The first-order valence-corrected chi connectivity index (χ1v) is 8.80. The third kappa shape index (κ3) is 4.26. The Balaban J connectivity index is 1.97. The quantitative estimate of drug-likeness (QED) is 0.770. The highest BCUT2D eigenvalue weighted by Gasteiger charge is 2.27. The van der Waals surface area contributed by atoms with Gasteiger partial charge in [-0.3, -0.25) is 10.00 Å². The second kappa shape index (κ2) is 6.87. The van der Waals surface area contributed by atoms with Crippen molar-refractivity contribution in [2.24, 2.45) is 5.92 Å². The molecule has 1 aromatic rings. The third-order valence-corrected chi connectivity index (χ3v) is 5.38. The molecule has 1 aliphatic rings. The molecule has 21 heavy (non-hydrogen) atoms. The monoisotopic (exact) mass is 315 g/mol. The summed E-state index contributed by atoms with van der Waals surface area (Å²) >= 11 is 0. The number of sulfonamides is 1. The summed E-state index contributed by atoms with van der Waals surface area (Å²) in [4.78, 5) is 4.67. The summed E-state index contributed by atoms with van der Waals surface area (Å²) in [6.07, 6.45) is 1.44. The average Bonchev–Trinajstić information content (AvgIpc) is 2.95. The molecular weight excluding hydrogens is 290 g/mol. The van der Waals surface area contributed by atoms with Crippen LogP contribution >= 0.6 is 0 Å². The van der Waals surface area contributed by atoms with Gasteiger partial charge in [0.15, 0.2) is 5.03 Å². The maximum atomic E-state index is 12.1. The normalized spacial score (nSPS) is 20.0. The largest absolute Gasteiger partial charge is 0.304 e. The molecule has 0 aliphatic carbocycles. The second-order valence-electron chi connectivity index (χ2n) is 5.92. The van der Waals surface area contributed by atoms with E-state index in [9.17, 15) is 8.42 Å². The van der Waals surface area contributed by atoms with Gasteiger partial charge in [0.05, 0.1) is 6.20 Å². The molecule has 120 valence electrons. The number of H-pyrrole nitrogens is 1. The predicted octanol–water partition coefficient (Wildman–Crippen LogP) is -0.0400. The number of hydrogen-bond acceptors (Lipinski definition) is 5. The van der Waals surface area contributed by atoms with E-state index in [-0.39, 0.29) is 11.1 Å². The molecule has 0 amide bonds. The maximum absolute atomic E-state index is 12.1. The van der Waals surface area contributed by atoms with Crippen LogP contribution in [0.25, 0.3) is 0 Å². The van der Waals surface area contributed by atoms with Crippen molar-refractivity contribution in [1.82, 2.24) is 24.7 Å². The van der Waals surface area contributed by atoms with Crippen LogP contribution in [-0.4, -0.2) is 74.2 Å². The van der Waals surface area contributed by atoms with Crippen molar-refractivity contribution in [2.45, 2.75) is 24.9 Å². The number of aromatic nitrogens is 2. The molecule has 8 heteroatoms. The topological polar surface area (TPSA) is 81.3 Å². The van der Waals surface area contributed by atoms with Crippen LogP contribution < -0.4 is 4.72 Å². The van der Waals surface area contributed by atoms with Crippen molar-refractivity contribution >= 4 is 10.0 Å². The molecule has 0 aromatic carbocycles. The van der Waals surface area contributed by atoms with Gasteiger partial charge in [0, 0.05) is 38.8 Å². The van der Waals surface area contributed by atoms with Crippen LogP contribution in [0, 0.1) is 5.92 Å². The highest BCUT2D eigenvalue weighted by Crippen LogP contribution is 2.14. The highest BCUT2D eigenvalue weighted by molar-refractivity contribution is 7.89. The zero-order valence-electron chi connectivity index (χ0n) is 12.9. The number of nitrogens with zero attached hydrogens (tertiary/aromatic N) is 3. The van der Waals surface area contributed by atoms with Gasteiger partial charge in [0.2, 0.25) is 0 Å². The van der Waals surface area contributed by atoms with E-state index in [4.69, 9.17) is 0 Å². The highest BCUT2D eigenvalue weighted by atomic mass is 32.2. The van der Waals surface area contributed by atoms with Gasteiger partial charge in [-0.1, -0.05) is 13.8 Å². The molecule has 1 aromatic heterocycles. The second-order valence-corrected chi connectivity index (χ2v) is 7.66. The Morgan fingerprint density at radius 2 is 2.00 bits per heavy atom. The minimum Gasteiger partial charge on any atom is -0.304 e. The molecule has 2 heterocycles. The maximum Gasteiger partial charge on any atom is 0.257 e. The number of likely N-dealkylation sites (N-methyl/N-ethyl adjacent to an activating group) is 1. The van der Waals surface area contributed by atoms with Crippen LogP contribution in [0.15, 0.2) is 17.3 Å². The summed E-state index contributed by atoms with van der Waals surface area (Å²) < 4.78 is 27.0. The summed E-state index contributed by atoms with van der Waals surface area (Å²) in [5, 5.41) is 6.30. The zero-order valence-corrected chi connectivity index (χ0v) is 13.7. The van der Waals surface area contributed by atoms with Crippen LogP contribution in [0.2, 0.25) is 0 Å². The van der Waals surface area contributed by atoms with E-state index in [0.717, 1.165) is 26.2 Å². The SMILES string of the molecule is CC(C)C(CNS(=O)(=O)c1ccn[nH]1)N1CCN(C)CC1. The molecule has 1 saturated heterocycles. The molecular formula is C13H25N5O2S. The Hall–Kier alpha value is -0.960. The molecule has 1 unspecified atom stereocenters. The Bertz CT molecular complexity index is 521. The van der Waals surface area contributed by atoms with Gasteiger partial charge in [-0.2, -0.15) is 5.10 Å². The first kappa shape index (κ1) is 16.4. The van der Waals surface area contributed by atoms with E-state index < -0.39 is 10.0 Å².